The summed E-state index contributed by atoms with van der Waals surface area (Å²) in [7, 11) is -4.33. The van der Waals surface area contributed by atoms with Crippen molar-refractivity contribution in [2.45, 2.75) is 4.90 Å². The van der Waals surface area contributed by atoms with Crippen molar-refractivity contribution in [1.82, 2.24) is 9.29 Å². The van der Waals surface area contributed by atoms with Crippen LogP contribution in [-0.2, 0) is 19.6 Å². The van der Waals surface area contributed by atoms with Crippen LogP contribution in [0.4, 0.5) is 0 Å². The molecule has 0 atom stereocenters. The highest BCUT2D eigenvalue weighted by Crippen LogP contribution is 2.09. The molecule has 0 aliphatic carbocycles. The normalized spacial score (nSPS) is 11.4. The van der Waals surface area contributed by atoms with Crippen molar-refractivity contribution in [2.75, 3.05) is 13.1 Å². The van der Waals surface area contributed by atoms with Crippen LogP contribution in [0.5, 0.6) is 0 Å². The van der Waals surface area contributed by atoms with Crippen molar-refractivity contribution in [2.24, 2.45) is 11.5 Å². The van der Waals surface area contributed by atoms with Crippen LogP contribution in [0, 0.1) is 0 Å². The smallest absolute Gasteiger partial charge is 0.249 e. The van der Waals surface area contributed by atoms with Gasteiger partial charge in [-0.05, 0) is 0 Å². The average molecular weight is 288 g/mol. The molecular weight excluding hydrogens is 276 g/mol. The van der Waals surface area contributed by atoms with E-state index in [0.29, 0.717) is 4.31 Å². The third kappa shape index (κ3) is 3.63. The number of nitrogens with two attached hydrogens (primary N) is 2. The fourth-order valence-corrected chi connectivity index (χ4v) is 2.73. The van der Waals surface area contributed by atoms with E-state index in [4.69, 9.17) is 11.5 Å². The molecule has 0 aliphatic rings. The molecule has 0 spiro atoms. The van der Waals surface area contributed by atoms with Gasteiger partial charge in [-0.1, -0.05) is 0 Å². The van der Waals surface area contributed by atoms with E-state index in [0.717, 1.165) is 12.3 Å². The number of pyridine rings is 1. The average Bonchev–Trinajstić information content (AvgIpc) is 2.27. The predicted molar refractivity (Wildman–Crippen MR) is 64.2 cm³/mol. The molecule has 0 saturated heterocycles. The van der Waals surface area contributed by atoms with E-state index in [2.05, 4.69) is 4.98 Å². The maximum Gasteiger partial charge on any atom is 0.249 e. The first-order chi connectivity index (χ1) is 8.75. The first-order valence-electron chi connectivity index (χ1n) is 4.99. The molecular formula is C9H12N4O5S. The molecule has 0 aliphatic heterocycles. The Morgan fingerprint density at radius 2 is 1.74 bits per heavy atom. The molecule has 1 heterocycles. The van der Waals surface area contributed by atoms with E-state index in [1.807, 2.05) is 0 Å². The molecule has 2 amide bonds. The van der Waals surface area contributed by atoms with Crippen LogP contribution in [0.25, 0.3) is 0 Å². The maximum absolute atomic E-state index is 12.1. The van der Waals surface area contributed by atoms with Gasteiger partial charge in [-0.15, -0.1) is 0 Å². The molecule has 19 heavy (non-hydrogen) atoms. The van der Waals surface area contributed by atoms with Crippen molar-refractivity contribution in [3.63, 3.8) is 0 Å². The van der Waals surface area contributed by atoms with Gasteiger partial charge in [-0.25, -0.2) is 8.42 Å². The summed E-state index contributed by atoms with van der Waals surface area (Å²) in [5.41, 5.74) is 9.02. The number of rotatable bonds is 6. The molecule has 0 unspecified atom stereocenters. The summed E-state index contributed by atoms with van der Waals surface area (Å²) in [6.07, 6.45) is 2.19. The lowest BCUT2D eigenvalue weighted by Gasteiger charge is -2.18. The van der Waals surface area contributed by atoms with Gasteiger partial charge in [0.2, 0.25) is 27.3 Å². The molecule has 1 aromatic rings. The zero-order valence-electron chi connectivity index (χ0n) is 9.70. The lowest BCUT2D eigenvalue weighted by molar-refractivity contribution is -0.120. The van der Waals surface area contributed by atoms with Crippen molar-refractivity contribution >= 4 is 21.8 Å². The van der Waals surface area contributed by atoms with Gasteiger partial charge in [0.05, 0.1) is 13.1 Å². The maximum atomic E-state index is 12.1. The summed E-state index contributed by atoms with van der Waals surface area (Å²) >= 11 is 0. The highest BCUT2D eigenvalue weighted by Gasteiger charge is 2.29. The van der Waals surface area contributed by atoms with E-state index in [1.54, 1.807) is 0 Å². The summed E-state index contributed by atoms with van der Waals surface area (Å²) in [5, 5.41) is 0. The highest BCUT2D eigenvalue weighted by atomic mass is 32.2. The quantitative estimate of drug-likeness (QED) is 0.520. The summed E-state index contributed by atoms with van der Waals surface area (Å²) in [4.78, 5) is 35.0. The first-order valence-corrected chi connectivity index (χ1v) is 6.43. The molecule has 0 radical (unpaired) electrons. The van der Waals surface area contributed by atoms with Gasteiger partial charge in [0.15, 0.2) is 0 Å². The Morgan fingerprint density at radius 3 is 2.16 bits per heavy atom. The Bertz CT molecular complexity index is 635. The number of sulfonamides is 1. The number of carbonyl (C=O) groups is 2. The number of carbonyl (C=O) groups excluding carboxylic acids is 2. The van der Waals surface area contributed by atoms with Gasteiger partial charge in [0.25, 0.3) is 0 Å². The van der Waals surface area contributed by atoms with E-state index >= 15 is 0 Å². The van der Waals surface area contributed by atoms with E-state index in [-0.39, 0.29) is 0 Å². The zero-order valence-corrected chi connectivity index (χ0v) is 10.5. The second-order valence-electron chi connectivity index (χ2n) is 3.58. The molecule has 0 aromatic carbocycles. The van der Waals surface area contributed by atoms with Crippen LogP contribution < -0.4 is 16.9 Å². The van der Waals surface area contributed by atoms with Gasteiger partial charge >= 0.3 is 0 Å². The fraction of sp³-hybridized carbons (Fsp3) is 0.222. The first kappa shape index (κ1) is 14.9. The van der Waals surface area contributed by atoms with Crippen molar-refractivity contribution in [1.29, 1.82) is 0 Å². The standard InChI is InChI=1S/C9H12N4O5S/c10-8(15)4-13(5-9(11)16)19(17,18)7-3-12-2-1-6(7)14/h1-3H,4-5H2,(H2,10,15)(H2,11,16)(H,12,14). The Morgan fingerprint density at radius 1 is 1.21 bits per heavy atom. The van der Waals surface area contributed by atoms with Gasteiger partial charge in [0.1, 0.15) is 4.90 Å². The number of hydrogen-bond acceptors (Lipinski definition) is 5. The number of aromatic amines is 1. The van der Waals surface area contributed by atoms with E-state index in [9.17, 15) is 22.8 Å². The Hall–Kier alpha value is -2.20. The fourth-order valence-electron chi connectivity index (χ4n) is 1.32. The second kappa shape index (κ2) is 5.63. The van der Waals surface area contributed by atoms with Crippen LogP contribution in [-0.4, -0.2) is 42.6 Å². The predicted octanol–water partition coefficient (Wildman–Crippen LogP) is -2.66. The summed E-state index contributed by atoms with van der Waals surface area (Å²) < 4.78 is 24.7. The molecule has 0 saturated carbocycles. The Kier molecular flexibility index (Phi) is 4.40. The summed E-state index contributed by atoms with van der Waals surface area (Å²) in [6, 6.07) is 1.000. The molecule has 0 bridgehead atoms. The SMILES string of the molecule is NC(=O)CN(CC(N)=O)S(=O)(=O)c1c[nH]ccc1=O. The lowest BCUT2D eigenvalue weighted by atomic mass is 10.5. The molecule has 5 N–H and O–H groups in total. The molecule has 0 fully saturated rings. The van der Waals surface area contributed by atoms with Crippen molar-refractivity contribution in [3.05, 3.63) is 28.7 Å². The number of primary amides is 2. The zero-order chi connectivity index (χ0) is 14.6. The van der Waals surface area contributed by atoms with Gasteiger partial charge in [-0.3, -0.25) is 14.4 Å². The van der Waals surface area contributed by atoms with Crippen molar-refractivity contribution in [3.8, 4) is 0 Å². The molecule has 104 valence electrons. The topological polar surface area (TPSA) is 156 Å². The lowest BCUT2D eigenvalue weighted by Crippen LogP contribution is -2.44. The summed E-state index contributed by atoms with van der Waals surface area (Å²) in [6.45, 7) is -1.50. The van der Waals surface area contributed by atoms with Gasteiger partial charge in [-0.2, -0.15) is 4.31 Å². The minimum Gasteiger partial charge on any atom is -0.369 e. The van der Waals surface area contributed by atoms with Crippen LogP contribution in [0.15, 0.2) is 28.2 Å². The Labute approximate surface area is 108 Å². The molecule has 1 aromatic heterocycles. The van der Waals surface area contributed by atoms with Crippen LogP contribution in [0.2, 0.25) is 0 Å². The van der Waals surface area contributed by atoms with Gasteiger partial charge in [0, 0.05) is 18.5 Å². The molecule has 10 heteroatoms. The van der Waals surface area contributed by atoms with Crippen LogP contribution in [0.3, 0.4) is 0 Å². The number of H-pyrrole nitrogens is 1. The Balaban J connectivity index is 3.27. The highest BCUT2D eigenvalue weighted by molar-refractivity contribution is 7.89. The third-order valence-electron chi connectivity index (χ3n) is 2.07. The number of nitrogens with one attached hydrogen (secondary N) is 1. The summed E-state index contributed by atoms with van der Waals surface area (Å²) in [5.74, 6) is -1.95. The minimum absolute atomic E-state index is 0.447. The van der Waals surface area contributed by atoms with Crippen LogP contribution in [0.1, 0.15) is 0 Å². The molecule has 1 rings (SSSR count). The second-order valence-corrected chi connectivity index (χ2v) is 5.48. The van der Waals surface area contributed by atoms with E-state index < -0.39 is 45.3 Å². The van der Waals surface area contributed by atoms with Crippen molar-refractivity contribution < 1.29 is 18.0 Å². The third-order valence-corrected chi connectivity index (χ3v) is 3.88. The largest absolute Gasteiger partial charge is 0.369 e. The molecule has 9 nitrogen and oxygen atoms in total. The monoisotopic (exact) mass is 288 g/mol. The number of amides is 2. The minimum atomic E-state index is -4.33. The van der Waals surface area contributed by atoms with E-state index in [1.165, 1.54) is 6.20 Å². The number of aromatic nitrogens is 1. The number of hydrogen-bond donors (Lipinski definition) is 3. The van der Waals surface area contributed by atoms with Gasteiger partial charge < -0.3 is 16.5 Å². The van der Waals surface area contributed by atoms with Crippen LogP contribution >= 0.6 is 0 Å². The number of nitrogens with zero attached hydrogens (tertiary/aromatic N) is 1.